The van der Waals surface area contributed by atoms with E-state index in [0.29, 0.717) is 16.7 Å². The molecule has 3 amide bonds. The molecule has 1 saturated heterocycles. The lowest BCUT2D eigenvalue weighted by Gasteiger charge is -2.20. The van der Waals surface area contributed by atoms with Gasteiger partial charge in [0.25, 0.3) is 5.91 Å². The lowest BCUT2D eigenvalue weighted by Crippen LogP contribution is -2.49. The van der Waals surface area contributed by atoms with Gasteiger partial charge in [0.2, 0.25) is 5.54 Å². The molecule has 0 saturated carbocycles. The molecule has 0 unspecified atom stereocenters. The summed E-state index contributed by atoms with van der Waals surface area (Å²) in [5.41, 5.74) is -0.279. The van der Waals surface area contributed by atoms with E-state index in [-0.39, 0.29) is 12.4 Å². The smallest absolute Gasteiger partial charge is 0.323 e. The van der Waals surface area contributed by atoms with Gasteiger partial charge in [-0.15, -0.1) is 0 Å². The summed E-state index contributed by atoms with van der Waals surface area (Å²) < 4.78 is 8.56. The minimum Gasteiger partial charge on any atom is -0.497 e. The highest BCUT2D eigenvalue weighted by Crippen LogP contribution is 2.32. The van der Waals surface area contributed by atoms with Crippen LogP contribution in [0.4, 0.5) is 4.79 Å². The number of aromatic nitrogens is 4. The topological polar surface area (TPSA) is 123 Å². The Morgan fingerprint density at radius 2 is 2.09 bits per heavy atom. The maximum Gasteiger partial charge on any atom is 0.323 e. The van der Waals surface area contributed by atoms with E-state index in [4.69, 9.17) is 4.74 Å². The zero-order valence-corrected chi connectivity index (χ0v) is 18.4. The summed E-state index contributed by atoms with van der Waals surface area (Å²) in [6, 6.07) is 6.42. The van der Waals surface area contributed by atoms with Gasteiger partial charge < -0.3 is 24.3 Å². The summed E-state index contributed by atoms with van der Waals surface area (Å²) in [5, 5.41) is 16.9. The normalized spacial score (nSPS) is 17.2. The van der Waals surface area contributed by atoms with Gasteiger partial charge in [-0.05, 0) is 31.2 Å². The molecule has 4 heterocycles. The van der Waals surface area contributed by atoms with E-state index in [0.717, 1.165) is 16.9 Å². The third-order valence-electron chi connectivity index (χ3n) is 5.67. The van der Waals surface area contributed by atoms with Crippen LogP contribution in [0.2, 0.25) is 0 Å². The third-order valence-corrected chi connectivity index (χ3v) is 5.67. The third kappa shape index (κ3) is 3.59. The van der Waals surface area contributed by atoms with Crippen molar-refractivity contribution >= 4 is 22.7 Å². The van der Waals surface area contributed by atoms with Crippen LogP contribution in [0.1, 0.15) is 11.4 Å². The first kappa shape index (κ1) is 21.1. The molecule has 10 heteroatoms. The number of aromatic hydroxyl groups is 1. The number of imide groups is 1. The zero-order chi connectivity index (χ0) is 23.9. The highest BCUT2D eigenvalue weighted by Gasteiger charge is 2.46. The van der Waals surface area contributed by atoms with Gasteiger partial charge in [-0.3, -0.25) is 15.1 Å². The summed E-state index contributed by atoms with van der Waals surface area (Å²) in [6.07, 6.45) is 8.43. The lowest BCUT2D eigenvalue weighted by molar-refractivity contribution is -0.122. The molecule has 34 heavy (non-hydrogen) atoms. The maximum absolute atomic E-state index is 12.8. The van der Waals surface area contributed by atoms with E-state index in [1.807, 2.05) is 23.8 Å². The molecule has 4 aromatic rings. The largest absolute Gasteiger partial charge is 0.497 e. The van der Waals surface area contributed by atoms with Crippen molar-refractivity contribution in [3.05, 3.63) is 66.6 Å². The fourth-order valence-corrected chi connectivity index (χ4v) is 3.92. The Morgan fingerprint density at radius 3 is 2.79 bits per heavy atom. The lowest BCUT2D eigenvalue weighted by atomic mass is 10.00. The van der Waals surface area contributed by atoms with Gasteiger partial charge >= 0.3 is 6.03 Å². The van der Waals surface area contributed by atoms with Crippen molar-refractivity contribution in [1.82, 2.24) is 29.7 Å². The first-order chi connectivity index (χ1) is 16.4. The highest BCUT2D eigenvalue weighted by atomic mass is 16.5. The number of methoxy groups -OCH3 is 1. The SMILES string of the molecule is COc1ccc2cn(C[C@@]3(C#Cc4cncc(-n5ccnc5C)c4)NC(=O)NC3=O)c(O)c2c1. The average Bonchev–Trinajstić information content (AvgIpc) is 3.48. The molecule has 1 aliphatic heterocycles. The second-order valence-electron chi connectivity index (χ2n) is 7.87. The number of aryl methyl sites for hydroxylation is 1. The molecule has 3 aromatic heterocycles. The molecule has 1 aromatic carbocycles. The number of fused-ring (bicyclic) bond motifs is 1. The fraction of sp³-hybridized carbons (Fsp3) is 0.167. The van der Waals surface area contributed by atoms with Crippen molar-refractivity contribution < 1.29 is 19.4 Å². The Bertz CT molecular complexity index is 1510. The standard InChI is InChI=1S/C24H20N6O4/c1-15-26-7-8-30(15)18-9-16(11-25-12-18)5-6-24(22(32)27-23(33)28-24)14-29-13-17-3-4-19(34-2)10-20(17)21(29)31/h3-4,7-13,31H,14H2,1-2H3,(H2,27,28,32,33)/t24-/m1/s1. The number of pyridine rings is 1. The number of hydrogen-bond donors (Lipinski definition) is 3. The number of rotatable bonds is 4. The molecule has 1 aliphatic rings. The van der Waals surface area contributed by atoms with Gasteiger partial charge in [0.05, 0.1) is 25.5 Å². The van der Waals surface area contributed by atoms with Crippen LogP contribution in [0.25, 0.3) is 16.5 Å². The summed E-state index contributed by atoms with van der Waals surface area (Å²) in [6.45, 7) is 1.77. The number of carbonyl (C=O) groups excluding carboxylic acids is 2. The second-order valence-corrected chi connectivity index (χ2v) is 7.87. The monoisotopic (exact) mass is 456 g/mol. The minimum atomic E-state index is -1.59. The van der Waals surface area contributed by atoms with Gasteiger partial charge in [0.15, 0.2) is 5.88 Å². The molecule has 1 fully saturated rings. The first-order valence-corrected chi connectivity index (χ1v) is 10.4. The Balaban J connectivity index is 1.53. The number of urea groups is 1. The van der Waals surface area contributed by atoms with Crippen LogP contribution in [0, 0.1) is 18.8 Å². The minimum absolute atomic E-state index is 0.0664. The quantitative estimate of drug-likeness (QED) is 0.318. The summed E-state index contributed by atoms with van der Waals surface area (Å²) in [7, 11) is 1.54. The van der Waals surface area contributed by atoms with E-state index in [1.54, 1.807) is 43.0 Å². The van der Waals surface area contributed by atoms with Gasteiger partial charge in [-0.2, -0.15) is 0 Å². The van der Waals surface area contributed by atoms with E-state index >= 15 is 0 Å². The molecule has 0 aliphatic carbocycles. The van der Waals surface area contributed by atoms with Crippen LogP contribution in [-0.2, 0) is 11.3 Å². The van der Waals surface area contributed by atoms with Gasteiger partial charge in [0.1, 0.15) is 11.6 Å². The van der Waals surface area contributed by atoms with E-state index < -0.39 is 17.5 Å². The highest BCUT2D eigenvalue weighted by molar-refractivity contribution is 6.09. The number of hydrogen-bond acceptors (Lipinski definition) is 6. The summed E-state index contributed by atoms with van der Waals surface area (Å²) in [5.74, 6) is 6.57. The first-order valence-electron chi connectivity index (χ1n) is 10.4. The van der Waals surface area contributed by atoms with Crippen LogP contribution in [0.3, 0.4) is 0 Å². The average molecular weight is 456 g/mol. The molecule has 0 spiro atoms. The molecule has 10 nitrogen and oxygen atoms in total. The van der Waals surface area contributed by atoms with Gasteiger partial charge in [-0.25, -0.2) is 9.78 Å². The zero-order valence-electron chi connectivity index (χ0n) is 18.4. The molecular weight excluding hydrogens is 436 g/mol. The number of benzene rings is 1. The number of imidazole rings is 1. The van der Waals surface area contributed by atoms with Crippen molar-refractivity contribution in [3.8, 4) is 29.2 Å². The van der Waals surface area contributed by atoms with E-state index in [2.05, 4.69) is 32.4 Å². The number of amides is 3. The Hall–Kier alpha value is -4.78. The number of nitrogens with one attached hydrogen (secondary N) is 2. The van der Waals surface area contributed by atoms with Crippen LogP contribution >= 0.6 is 0 Å². The van der Waals surface area contributed by atoms with E-state index in [9.17, 15) is 14.7 Å². The maximum atomic E-state index is 12.8. The van der Waals surface area contributed by atoms with Crippen LogP contribution in [0.5, 0.6) is 11.6 Å². The molecule has 0 radical (unpaired) electrons. The van der Waals surface area contributed by atoms with Crippen molar-refractivity contribution in [2.75, 3.05) is 7.11 Å². The Labute approximate surface area is 194 Å². The molecule has 0 bridgehead atoms. The van der Waals surface area contributed by atoms with Crippen molar-refractivity contribution in [1.29, 1.82) is 0 Å². The Morgan fingerprint density at radius 1 is 1.24 bits per heavy atom. The number of carbonyl (C=O) groups is 2. The van der Waals surface area contributed by atoms with Gasteiger partial charge in [0, 0.05) is 41.1 Å². The van der Waals surface area contributed by atoms with Crippen LogP contribution in [0.15, 0.2) is 55.2 Å². The number of ether oxygens (including phenoxy) is 1. The molecule has 3 N–H and O–H groups in total. The van der Waals surface area contributed by atoms with Crippen molar-refractivity contribution in [3.63, 3.8) is 0 Å². The van der Waals surface area contributed by atoms with Crippen molar-refractivity contribution in [2.45, 2.75) is 19.0 Å². The summed E-state index contributed by atoms with van der Waals surface area (Å²) >= 11 is 0. The molecule has 1 atom stereocenters. The van der Waals surface area contributed by atoms with Gasteiger partial charge in [-0.1, -0.05) is 11.8 Å². The molecule has 5 rings (SSSR count). The predicted molar refractivity (Wildman–Crippen MR) is 123 cm³/mol. The van der Waals surface area contributed by atoms with E-state index in [1.165, 1.54) is 11.7 Å². The Kier molecular flexibility index (Phi) is 4.94. The van der Waals surface area contributed by atoms with Crippen LogP contribution in [-0.4, -0.2) is 48.8 Å². The second kappa shape index (κ2) is 7.97. The summed E-state index contributed by atoms with van der Waals surface area (Å²) in [4.78, 5) is 33.3. The van der Waals surface area contributed by atoms with Crippen LogP contribution < -0.4 is 15.4 Å². The molecule has 170 valence electrons. The number of nitrogens with zero attached hydrogens (tertiary/aromatic N) is 4. The van der Waals surface area contributed by atoms with Crippen molar-refractivity contribution in [2.24, 2.45) is 0 Å². The fourth-order valence-electron chi connectivity index (χ4n) is 3.92. The predicted octanol–water partition coefficient (Wildman–Crippen LogP) is 1.87. The molecular formula is C24H20N6O4.